The van der Waals surface area contributed by atoms with Gasteiger partial charge in [-0.1, -0.05) is 0 Å². The van der Waals surface area contributed by atoms with Crippen LogP contribution in [0.5, 0.6) is 0 Å². The van der Waals surface area contributed by atoms with E-state index < -0.39 is 5.82 Å². The average Bonchev–Trinajstić information content (AvgIpc) is 2.96. The summed E-state index contributed by atoms with van der Waals surface area (Å²) in [6.45, 7) is 1.91. The van der Waals surface area contributed by atoms with E-state index in [1.54, 1.807) is 12.1 Å². The molecule has 3 aromatic rings. The summed E-state index contributed by atoms with van der Waals surface area (Å²) in [6.07, 6.45) is 3.92. The molecule has 4 rings (SSSR count). The van der Waals surface area contributed by atoms with E-state index in [0.717, 1.165) is 5.69 Å². The topological polar surface area (TPSA) is 84.7 Å². The van der Waals surface area contributed by atoms with Crippen molar-refractivity contribution in [3.05, 3.63) is 42.2 Å². The first-order valence-corrected chi connectivity index (χ1v) is 7.66. The van der Waals surface area contributed by atoms with Gasteiger partial charge in [0, 0.05) is 12.1 Å². The van der Waals surface area contributed by atoms with E-state index in [-0.39, 0.29) is 12.1 Å². The van der Waals surface area contributed by atoms with Crippen LogP contribution in [0, 0.1) is 5.82 Å². The van der Waals surface area contributed by atoms with Crippen molar-refractivity contribution in [2.24, 2.45) is 0 Å². The lowest BCUT2D eigenvalue weighted by molar-refractivity contribution is 0.239. The summed E-state index contributed by atoms with van der Waals surface area (Å²) in [5.74, 6) is 0.0835. The highest BCUT2D eigenvalue weighted by molar-refractivity contribution is 5.88. The zero-order valence-corrected chi connectivity index (χ0v) is 13.0. The Hall–Kier alpha value is -3.03. The Morgan fingerprint density at radius 3 is 3.08 bits per heavy atom. The number of hydrogen-bond acceptors (Lipinski definition) is 5. The highest BCUT2D eigenvalue weighted by atomic mass is 19.1. The summed E-state index contributed by atoms with van der Waals surface area (Å²) < 4.78 is 15.0. The summed E-state index contributed by atoms with van der Waals surface area (Å²) in [6, 6.07) is 4.55. The fourth-order valence-electron chi connectivity index (χ4n) is 2.73. The van der Waals surface area contributed by atoms with E-state index >= 15 is 0 Å². The molecule has 122 valence electrons. The predicted octanol–water partition coefficient (Wildman–Crippen LogP) is 2.60. The lowest BCUT2D eigenvalue weighted by atomic mass is 10.1. The van der Waals surface area contributed by atoms with Crippen LogP contribution in [-0.2, 0) is 6.42 Å². The molecule has 0 aliphatic carbocycles. The number of nitrogens with zero attached hydrogens (tertiary/aromatic N) is 4. The number of rotatable bonds is 0. The maximum absolute atomic E-state index is 13.6. The van der Waals surface area contributed by atoms with Crippen LogP contribution in [0.1, 0.15) is 19.0 Å². The largest absolute Gasteiger partial charge is 0.339 e. The molecule has 4 heterocycles. The van der Waals surface area contributed by atoms with Gasteiger partial charge in [0.25, 0.3) is 0 Å². The van der Waals surface area contributed by atoms with Gasteiger partial charge in [-0.2, -0.15) is 0 Å². The van der Waals surface area contributed by atoms with Gasteiger partial charge in [0.05, 0.1) is 17.6 Å². The fraction of sp³-hybridized carbons (Fsp3) is 0.250. The van der Waals surface area contributed by atoms with Crippen molar-refractivity contribution >= 4 is 28.7 Å². The van der Waals surface area contributed by atoms with Gasteiger partial charge in [0.15, 0.2) is 5.65 Å². The molecule has 7 nitrogen and oxygen atoms in total. The Bertz CT molecular complexity index is 937. The Balaban J connectivity index is 1.87. The quantitative estimate of drug-likeness (QED) is 0.663. The van der Waals surface area contributed by atoms with Gasteiger partial charge < -0.3 is 10.6 Å². The number of hydrogen-bond donors (Lipinski definition) is 2. The van der Waals surface area contributed by atoms with Crippen LogP contribution in [0.2, 0.25) is 0 Å². The molecule has 2 N–H and O–H groups in total. The Morgan fingerprint density at radius 1 is 1.33 bits per heavy atom. The summed E-state index contributed by atoms with van der Waals surface area (Å²) in [4.78, 5) is 25.2. The van der Waals surface area contributed by atoms with Crippen LogP contribution >= 0.6 is 0 Å². The maximum Gasteiger partial charge on any atom is 0.328 e. The van der Waals surface area contributed by atoms with Crippen LogP contribution in [0.15, 0.2) is 30.7 Å². The summed E-state index contributed by atoms with van der Waals surface area (Å²) in [7, 11) is 0. The van der Waals surface area contributed by atoms with Crippen LogP contribution in [0.25, 0.3) is 11.2 Å². The second-order valence-electron chi connectivity index (χ2n) is 5.82. The molecule has 3 aromatic heterocycles. The molecule has 8 heteroatoms. The Kier molecular flexibility index (Phi) is 3.37. The van der Waals surface area contributed by atoms with Gasteiger partial charge in [0.1, 0.15) is 23.5 Å². The average molecular weight is 326 g/mol. The summed E-state index contributed by atoms with van der Waals surface area (Å²) in [5, 5.41) is 6.02. The molecule has 1 atom stereocenters. The van der Waals surface area contributed by atoms with E-state index in [1.807, 2.05) is 6.92 Å². The third kappa shape index (κ3) is 2.55. The van der Waals surface area contributed by atoms with E-state index in [1.165, 1.54) is 23.2 Å². The first kappa shape index (κ1) is 14.6. The second-order valence-corrected chi connectivity index (χ2v) is 5.82. The molecule has 0 radical (unpaired) electrons. The lowest BCUT2D eigenvalue weighted by Gasteiger charge is -2.17. The predicted molar refractivity (Wildman–Crippen MR) is 86.7 cm³/mol. The molecule has 0 saturated carbocycles. The van der Waals surface area contributed by atoms with Crippen LogP contribution < -0.4 is 10.6 Å². The van der Waals surface area contributed by atoms with Gasteiger partial charge in [-0.25, -0.2) is 23.7 Å². The summed E-state index contributed by atoms with van der Waals surface area (Å²) in [5.41, 5.74) is 2.36. The van der Waals surface area contributed by atoms with E-state index in [2.05, 4.69) is 25.6 Å². The first-order chi connectivity index (χ1) is 11.6. The number of imidazole rings is 1. The lowest BCUT2D eigenvalue weighted by Crippen LogP contribution is -2.36. The number of aryl methyl sites for hydroxylation is 1. The fourth-order valence-corrected chi connectivity index (χ4v) is 2.73. The van der Waals surface area contributed by atoms with E-state index in [4.69, 9.17) is 0 Å². The number of amides is 1. The zero-order valence-electron chi connectivity index (χ0n) is 13.0. The van der Waals surface area contributed by atoms with Crippen LogP contribution in [0.3, 0.4) is 0 Å². The first-order valence-electron chi connectivity index (χ1n) is 7.66. The number of carbonyl (C=O) groups is 1. The maximum atomic E-state index is 13.6. The molecule has 24 heavy (non-hydrogen) atoms. The standard InChI is InChI=1S/C16H15FN6O/c1-9-2-3-11-13(6-10(17)7-18-11)21-14-5-4-12-15(22-14)23(8-19-12)16(24)20-9/h4-9H,2-3H2,1H3,(H,20,24)(H,21,22). The van der Waals surface area contributed by atoms with Crippen molar-refractivity contribution in [2.75, 3.05) is 5.32 Å². The number of halogens is 1. The minimum Gasteiger partial charge on any atom is -0.339 e. The Labute approximate surface area is 136 Å². The monoisotopic (exact) mass is 326 g/mol. The molecule has 2 bridgehead atoms. The van der Waals surface area contributed by atoms with Crippen molar-refractivity contribution in [1.29, 1.82) is 0 Å². The minimum absolute atomic E-state index is 0.0720. The molecule has 0 spiro atoms. The van der Waals surface area contributed by atoms with Gasteiger partial charge in [0.2, 0.25) is 0 Å². The molecule has 0 saturated heterocycles. The van der Waals surface area contributed by atoms with Gasteiger partial charge in [-0.15, -0.1) is 0 Å². The highest BCUT2D eigenvalue weighted by Crippen LogP contribution is 2.23. The molecule has 1 unspecified atom stereocenters. The Morgan fingerprint density at radius 2 is 2.21 bits per heavy atom. The number of aromatic nitrogens is 4. The van der Waals surface area contributed by atoms with Crippen molar-refractivity contribution in [3.63, 3.8) is 0 Å². The van der Waals surface area contributed by atoms with E-state index in [9.17, 15) is 9.18 Å². The third-order valence-corrected chi connectivity index (χ3v) is 4.00. The second kappa shape index (κ2) is 5.55. The van der Waals surface area contributed by atoms with E-state index in [0.29, 0.717) is 35.5 Å². The molecular weight excluding hydrogens is 311 g/mol. The number of pyridine rings is 2. The number of fused-ring (bicyclic) bond motifs is 2. The van der Waals surface area contributed by atoms with Crippen molar-refractivity contribution < 1.29 is 9.18 Å². The van der Waals surface area contributed by atoms with Gasteiger partial charge >= 0.3 is 6.03 Å². The number of nitrogens with one attached hydrogen (secondary N) is 2. The normalized spacial score (nSPS) is 17.6. The van der Waals surface area contributed by atoms with Gasteiger partial charge in [-0.05, 0) is 31.9 Å². The van der Waals surface area contributed by atoms with Gasteiger partial charge in [-0.3, -0.25) is 4.98 Å². The zero-order chi connectivity index (χ0) is 16.7. The smallest absolute Gasteiger partial charge is 0.328 e. The number of carbonyl (C=O) groups excluding carboxylic acids is 1. The molecule has 1 aliphatic heterocycles. The van der Waals surface area contributed by atoms with Crippen molar-refractivity contribution in [2.45, 2.75) is 25.8 Å². The summed E-state index contributed by atoms with van der Waals surface area (Å²) >= 11 is 0. The highest BCUT2D eigenvalue weighted by Gasteiger charge is 2.17. The SMILES string of the molecule is CC1CCc2ncc(F)cc2Nc2ccc3ncn(c3n2)C(=O)N1. The minimum atomic E-state index is -0.416. The molecule has 0 aromatic carbocycles. The van der Waals surface area contributed by atoms with Crippen LogP contribution in [-0.4, -0.2) is 31.6 Å². The van der Waals surface area contributed by atoms with Crippen molar-refractivity contribution in [3.8, 4) is 0 Å². The molecule has 1 amide bonds. The molecule has 1 aliphatic rings. The van der Waals surface area contributed by atoms with Crippen LogP contribution in [0.4, 0.5) is 20.7 Å². The molecular formula is C16H15FN6O. The van der Waals surface area contributed by atoms with Crippen molar-refractivity contribution in [1.82, 2.24) is 24.8 Å². The number of anilines is 2. The molecule has 0 fully saturated rings. The third-order valence-electron chi connectivity index (χ3n) is 4.00.